The maximum atomic E-state index is 12.5. The lowest BCUT2D eigenvalue weighted by molar-refractivity contribution is -0.120. The third kappa shape index (κ3) is 6.54. The molecule has 152 valence electrons. The van der Waals surface area contributed by atoms with Crippen LogP contribution < -0.4 is 20.1 Å². The van der Waals surface area contributed by atoms with Crippen LogP contribution in [0.1, 0.15) is 32.3 Å². The Labute approximate surface area is 170 Å². The van der Waals surface area contributed by atoms with Crippen LogP contribution in [-0.4, -0.2) is 26.0 Å². The van der Waals surface area contributed by atoms with Crippen molar-refractivity contribution < 1.29 is 19.1 Å². The van der Waals surface area contributed by atoms with Crippen molar-refractivity contribution >= 4 is 23.2 Å². The van der Waals surface area contributed by atoms with Gasteiger partial charge < -0.3 is 20.1 Å². The summed E-state index contributed by atoms with van der Waals surface area (Å²) < 4.78 is 10.4. The fraction of sp³-hybridized carbons (Fsp3) is 0.318. The van der Waals surface area contributed by atoms with Crippen LogP contribution in [0.15, 0.2) is 42.5 Å². The summed E-state index contributed by atoms with van der Waals surface area (Å²) in [5.41, 5.74) is 1.11. The number of nitrogens with one attached hydrogen (secondary N) is 2. The van der Waals surface area contributed by atoms with Crippen molar-refractivity contribution in [2.24, 2.45) is 5.41 Å². The highest BCUT2D eigenvalue weighted by atomic mass is 16.5. The molecule has 0 bridgehead atoms. The number of nitriles is 1. The SMILES string of the molecule is COc1ccc(NC(=O)CC(C)(C)CC(=O)Nc2ccc(C#N)cc2)c(OC)c1. The second-order valence-electron chi connectivity index (χ2n) is 7.37. The number of benzene rings is 2. The number of amides is 2. The zero-order valence-corrected chi connectivity index (χ0v) is 17.0. The molecule has 0 unspecified atom stereocenters. The number of carbonyl (C=O) groups is 2. The summed E-state index contributed by atoms with van der Waals surface area (Å²) in [4.78, 5) is 24.9. The van der Waals surface area contributed by atoms with Gasteiger partial charge in [-0.1, -0.05) is 13.8 Å². The van der Waals surface area contributed by atoms with E-state index in [9.17, 15) is 9.59 Å². The Kier molecular flexibility index (Phi) is 7.21. The van der Waals surface area contributed by atoms with Crippen LogP contribution in [0.2, 0.25) is 0 Å². The van der Waals surface area contributed by atoms with Gasteiger partial charge in [0.15, 0.2) is 0 Å². The van der Waals surface area contributed by atoms with Gasteiger partial charge in [0.25, 0.3) is 0 Å². The Bertz CT molecular complexity index is 915. The minimum Gasteiger partial charge on any atom is -0.497 e. The quantitative estimate of drug-likeness (QED) is 0.705. The van der Waals surface area contributed by atoms with Crippen molar-refractivity contribution in [3.63, 3.8) is 0 Å². The van der Waals surface area contributed by atoms with Gasteiger partial charge in [-0.3, -0.25) is 9.59 Å². The summed E-state index contributed by atoms with van der Waals surface area (Å²) in [6, 6.07) is 13.8. The van der Waals surface area contributed by atoms with E-state index in [1.807, 2.05) is 19.9 Å². The second kappa shape index (κ2) is 9.60. The van der Waals surface area contributed by atoms with Gasteiger partial charge in [-0.25, -0.2) is 0 Å². The minimum atomic E-state index is -0.555. The average molecular weight is 395 g/mol. The van der Waals surface area contributed by atoms with Crippen LogP contribution in [0, 0.1) is 16.7 Å². The topological polar surface area (TPSA) is 100 Å². The molecule has 0 aromatic heterocycles. The number of anilines is 2. The molecule has 0 fully saturated rings. The summed E-state index contributed by atoms with van der Waals surface area (Å²) in [6.45, 7) is 3.71. The van der Waals surface area contributed by atoms with Crippen LogP contribution in [-0.2, 0) is 9.59 Å². The normalized spacial score (nSPS) is 10.6. The third-order valence-electron chi connectivity index (χ3n) is 4.26. The first-order chi connectivity index (χ1) is 13.8. The molecule has 2 aromatic rings. The summed E-state index contributed by atoms with van der Waals surface area (Å²) >= 11 is 0. The minimum absolute atomic E-state index is 0.156. The molecule has 29 heavy (non-hydrogen) atoms. The van der Waals surface area contributed by atoms with Gasteiger partial charge in [-0.15, -0.1) is 0 Å². The molecule has 7 nitrogen and oxygen atoms in total. The molecule has 2 aromatic carbocycles. The van der Waals surface area contributed by atoms with Crippen LogP contribution in [0.25, 0.3) is 0 Å². The lowest BCUT2D eigenvalue weighted by Gasteiger charge is -2.23. The molecule has 0 saturated carbocycles. The number of nitrogens with zero attached hydrogens (tertiary/aromatic N) is 1. The number of hydrogen-bond donors (Lipinski definition) is 2. The molecule has 0 atom stereocenters. The Morgan fingerprint density at radius 2 is 1.59 bits per heavy atom. The highest BCUT2D eigenvalue weighted by Gasteiger charge is 2.26. The van der Waals surface area contributed by atoms with Gasteiger partial charge in [-0.05, 0) is 41.8 Å². The van der Waals surface area contributed by atoms with Gasteiger partial charge in [0.1, 0.15) is 11.5 Å². The van der Waals surface area contributed by atoms with Gasteiger partial charge in [0.05, 0.1) is 31.5 Å². The first-order valence-corrected chi connectivity index (χ1v) is 9.08. The van der Waals surface area contributed by atoms with Crippen molar-refractivity contribution in [1.82, 2.24) is 0 Å². The summed E-state index contributed by atoms with van der Waals surface area (Å²) in [5, 5.41) is 14.4. The van der Waals surface area contributed by atoms with E-state index < -0.39 is 5.41 Å². The predicted octanol–water partition coefficient (Wildman–Crippen LogP) is 3.96. The van der Waals surface area contributed by atoms with Crippen LogP contribution in [0.4, 0.5) is 11.4 Å². The summed E-state index contributed by atoms with van der Waals surface area (Å²) in [6.07, 6.45) is 0.323. The fourth-order valence-corrected chi connectivity index (χ4v) is 2.86. The highest BCUT2D eigenvalue weighted by molar-refractivity contribution is 5.94. The number of rotatable bonds is 8. The smallest absolute Gasteiger partial charge is 0.225 e. The zero-order valence-electron chi connectivity index (χ0n) is 17.0. The first-order valence-electron chi connectivity index (χ1n) is 9.08. The lowest BCUT2D eigenvalue weighted by atomic mass is 9.85. The molecular formula is C22H25N3O4. The average Bonchev–Trinajstić information content (AvgIpc) is 2.67. The molecule has 0 aliphatic rings. The molecule has 0 aliphatic carbocycles. The van der Waals surface area contributed by atoms with E-state index in [4.69, 9.17) is 14.7 Å². The molecule has 0 radical (unpaired) electrons. The molecule has 7 heteroatoms. The zero-order chi connectivity index (χ0) is 21.4. The standard InChI is InChI=1S/C22H25N3O4/c1-22(2,12-20(26)24-16-7-5-15(14-23)6-8-16)13-21(27)25-18-10-9-17(28-3)11-19(18)29-4/h5-11H,12-13H2,1-4H3,(H,24,26)(H,25,27). The molecule has 0 heterocycles. The molecule has 0 saturated heterocycles. The number of carbonyl (C=O) groups excluding carboxylic acids is 2. The molecule has 0 spiro atoms. The van der Waals surface area contributed by atoms with Gasteiger partial charge in [-0.2, -0.15) is 5.26 Å². The Hall–Kier alpha value is -3.53. The van der Waals surface area contributed by atoms with E-state index in [1.165, 1.54) is 7.11 Å². The van der Waals surface area contributed by atoms with Crippen LogP contribution >= 0.6 is 0 Å². The molecule has 0 aliphatic heterocycles. The van der Waals surface area contributed by atoms with Crippen molar-refractivity contribution in [1.29, 1.82) is 5.26 Å². The number of ether oxygens (including phenoxy) is 2. The second-order valence-corrected chi connectivity index (χ2v) is 7.37. The summed E-state index contributed by atoms with van der Waals surface area (Å²) in [7, 11) is 3.07. The van der Waals surface area contributed by atoms with Crippen molar-refractivity contribution in [3.8, 4) is 17.6 Å². The largest absolute Gasteiger partial charge is 0.497 e. The Morgan fingerprint density at radius 3 is 2.14 bits per heavy atom. The number of methoxy groups -OCH3 is 2. The van der Waals surface area contributed by atoms with E-state index in [-0.39, 0.29) is 24.7 Å². The Balaban J connectivity index is 1.94. The molecular weight excluding hydrogens is 370 g/mol. The van der Waals surface area contributed by atoms with Gasteiger partial charge in [0.2, 0.25) is 11.8 Å². The van der Waals surface area contributed by atoms with Crippen LogP contribution in [0.5, 0.6) is 11.5 Å². The lowest BCUT2D eigenvalue weighted by Crippen LogP contribution is -2.27. The molecule has 2 N–H and O–H groups in total. The third-order valence-corrected chi connectivity index (χ3v) is 4.26. The Morgan fingerprint density at radius 1 is 0.966 bits per heavy atom. The maximum absolute atomic E-state index is 12.5. The van der Waals surface area contributed by atoms with E-state index in [0.29, 0.717) is 28.4 Å². The fourth-order valence-electron chi connectivity index (χ4n) is 2.86. The van der Waals surface area contributed by atoms with Crippen molar-refractivity contribution in [2.75, 3.05) is 24.9 Å². The predicted molar refractivity (Wildman–Crippen MR) is 111 cm³/mol. The van der Waals surface area contributed by atoms with Crippen molar-refractivity contribution in [3.05, 3.63) is 48.0 Å². The highest BCUT2D eigenvalue weighted by Crippen LogP contribution is 2.31. The van der Waals surface area contributed by atoms with Gasteiger partial charge in [0, 0.05) is 24.6 Å². The van der Waals surface area contributed by atoms with E-state index >= 15 is 0 Å². The van der Waals surface area contributed by atoms with Gasteiger partial charge >= 0.3 is 0 Å². The molecule has 2 rings (SSSR count). The van der Waals surface area contributed by atoms with E-state index in [0.717, 1.165) is 0 Å². The summed E-state index contributed by atoms with van der Waals surface area (Å²) in [5.74, 6) is 0.702. The first kappa shape index (κ1) is 21.8. The van der Waals surface area contributed by atoms with Crippen LogP contribution in [0.3, 0.4) is 0 Å². The van der Waals surface area contributed by atoms with E-state index in [1.54, 1.807) is 49.6 Å². The van der Waals surface area contributed by atoms with Crippen molar-refractivity contribution in [2.45, 2.75) is 26.7 Å². The monoisotopic (exact) mass is 395 g/mol. The molecule has 2 amide bonds. The maximum Gasteiger partial charge on any atom is 0.225 e. The number of hydrogen-bond acceptors (Lipinski definition) is 5. The van der Waals surface area contributed by atoms with E-state index in [2.05, 4.69) is 10.6 Å².